The van der Waals surface area contributed by atoms with E-state index in [-0.39, 0.29) is 11.8 Å². The fraction of sp³-hybridized carbons (Fsp3) is 0.263. The van der Waals surface area contributed by atoms with Gasteiger partial charge in [-0.3, -0.25) is 14.3 Å². The van der Waals surface area contributed by atoms with Crippen molar-refractivity contribution in [3.8, 4) is 5.75 Å². The number of pyridine rings is 1. The molecule has 0 radical (unpaired) electrons. The van der Waals surface area contributed by atoms with Gasteiger partial charge in [0.2, 0.25) is 0 Å². The lowest BCUT2D eigenvalue weighted by Crippen LogP contribution is -2.22. The minimum absolute atomic E-state index is 0.315. The Balaban J connectivity index is 2.07. The predicted octanol–water partition coefficient (Wildman–Crippen LogP) is 2.21. The Bertz CT molecular complexity index is 1060. The van der Waals surface area contributed by atoms with Gasteiger partial charge in [-0.1, -0.05) is 0 Å². The summed E-state index contributed by atoms with van der Waals surface area (Å²) >= 11 is 0. The van der Waals surface area contributed by atoms with Gasteiger partial charge >= 0.3 is 0 Å². The van der Waals surface area contributed by atoms with E-state index in [1.165, 1.54) is 14.2 Å². The summed E-state index contributed by atoms with van der Waals surface area (Å²) in [6, 6.07) is 6.63. The van der Waals surface area contributed by atoms with E-state index in [4.69, 9.17) is 4.74 Å². The first-order valence-electron chi connectivity index (χ1n) is 8.38. The average Bonchev–Trinajstić information content (AvgIpc) is 2.94. The Morgan fingerprint density at radius 1 is 1.11 bits per heavy atom. The maximum Gasteiger partial charge on any atom is 0.256 e. The van der Waals surface area contributed by atoms with Gasteiger partial charge in [-0.2, -0.15) is 5.10 Å². The highest BCUT2D eigenvalue weighted by molar-refractivity contribution is 6.14. The molecule has 0 aliphatic carbocycles. The molecule has 0 aliphatic rings. The van der Waals surface area contributed by atoms with Gasteiger partial charge < -0.3 is 15.4 Å². The molecule has 3 rings (SSSR count). The van der Waals surface area contributed by atoms with E-state index < -0.39 is 0 Å². The van der Waals surface area contributed by atoms with Crippen LogP contribution >= 0.6 is 0 Å². The number of amides is 2. The third-order valence-corrected chi connectivity index (χ3v) is 4.29. The molecule has 1 aromatic carbocycles. The van der Waals surface area contributed by atoms with Crippen LogP contribution in [-0.2, 0) is 7.05 Å². The van der Waals surface area contributed by atoms with E-state index in [1.54, 1.807) is 36.0 Å². The highest BCUT2D eigenvalue weighted by Gasteiger charge is 2.20. The van der Waals surface area contributed by atoms with Gasteiger partial charge in [0.15, 0.2) is 5.65 Å². The summed E-state index contributed by atoms with van der Waals surface area (Å²) < 4.78 is 6.82. The number of hydrogen-bond donors (Lipinski definition) is 2. The first-order chi connectivity index (χ1) is 12.8. The van der Waals surface area contributed by atoms with E-state index in [0.717, 1.165) is 0 Å². The summed E-state index contributed by atoms with van der Waals surface area (Å²) in [5.41, 5.74) is 3.23. The third-order valence-electron chi connectivity index (χ3n) is 4.29. The molecule has 0 fully saturated rings. The van der Waals surface area contributed by atoms with Crippen molar-refractivity contribution in [3.05, 3.63) is 46.8 Å². The normalized spacial score (nSPS) is 10.7. The number of benzene rings is 1. The van der Waals surface area contributed by atoms with E-state index in [1.807, 2.05) is 13.8 Å². The van der Waals surface area contributed by atoms with Crippen LogP contribution in [0.1, 0.15) is 32.1 Å². The molecular weight excluding hydrogens is 346 g/mol. The van der Waals surface area contributed by atoms with Gasteiger partial charge in [-0.05, 0) is 38.1 Å². The number of anilines is 1. The first kappa shape index (κ1) is 18.4. The molecule has 27 heavy (non-hydrogen) atoms. The number of rotatable bonds is 4. The Labute approximate surface area is 156 Å². The summed E-state index contributed by atoms with van der Waals surface area (Å²) in [5, 5.41) is 10.4. The minimum Gasteiger partial charge on any atom is -0.497 e. The van der Waals surface area contributed by atoms with Crippen molar-refractivity contribution in [2.75, 3.05) is 19.5 Å². The second-order valence-electron chi connectivity index (χ2n) is 6.16. The van der Waals surface area contributed by atoms with Crippen molar-refractivity contribution in [2.45, 2.75) is 13.8 Å². The Morgan fingerprint density at radius 3 is 2.52 bits per heavy atom. The lowest BCUT2D eigenvalue weighted by Gasteiger charge is -2.13. The molecule has 0 atom stereocenters. The standard InChI is InChI=1S/C19H21N5O3/c1-10-8-14(16-11(2)23-24(4)17(16)21-10)19(26)22-15-7-6-12(27-5)9-13(15)18(25)20-3/h6-9H,1-5H3,(H,20,25)(H,22,26). The molecule has 140 valence electrons. The van der Waals surface area contributed by atoms with Crippen molar-refractivity contribution in [1.29, 1.82) is 0 Å². The summed E-state index contributed by atoms with van der Waals surface area (Å²) in [5.74, 6) is -0.133. The summed E-state index contributed by atoms with van der Waals surface area (Å²) in [6.07, 6.45) is 0. The molecule has 0 spiro atoms. The molecule has 0 unspecified atom stereocenters. The van der Waals surface area contributed by atoms with Gasteiger partial charge in [0, 0.05) is 19.8 Å². The number of nitrogens with one attached hydrogen (secondary N) is 2. The molecule has 0 saturated carbocycles. The van der Waals surface area contributed by atoms with Gasteiger partial charge in [0.05, 0.1) is 35.0 Å². The van der Waals surface area contributed by atoms with Gasteiger partial charge in [-0.25, -0.2) is 4.98 Å². The SMILES string of the molecule is CNC(=O)c1cc(OC)ccc1NC(=O)c1cc(C)nc2c1c(C)nn2C. The number of ether oxygens (including phenoxy) is 1. The highest BCUT2D eigenvalue weighted by Crippen LogP contribution is 2.25. The molecule has 0 aliphatic heterocycles. The monoisotopic (exact) mass is 367 g/mol. The molecular formula is C19H21N5O3. The van der Waals surface area contributed by atoms with Crippen LogP contribution in [0.3, 0.4) is 0 Å². The highest BCUT2D eigenvalue weighted by atomic mass is 16.5. The summed E-state index contributed by atoms with van der Waals surface area (Å²) in [7, 11) is 4.83. The maximum absolute atomic E-state index is 13.0. The zero-order chi connectivity index (χ0) is 19.7. The molecule has 2 heterocycles. The Morgan fingerprint density at radius 2 is 1.85 bits per heavy atom. The molecule has 0 bridgehead atoms. The number of aryl methyl sites for hydroxylation is 3. The topological polar surface area (TPSA) is 98.1 Å². The molecule has 2 amide bonds. The van der Waals surface area contributed by atoms with Crippen LogP contribution in [0.4, 0.5) is 5.69 Å². The minimum atomic E-state index is -0.336. The summed E-state index contributed by atoms with van der Waals surface area (Å²) in [6.45, 7) is 3.65. The molecule has 0 saturated heterocycles. The second-order valence-corrected chi connectivity index (χ2v) is 6.16. The van der Waals surface area contributed by atoms with Crippen LogP contribution < -0.4 is 15.4 Å². The molecule has 3 aromatic rings. The molecule has 2 N–H and O–H groups in total. The van der Waals surface area contributed by atoms with Crippen molar-refractivity contribution < 1.29 is 14.3 Å². The Kier molecular flexibility index (Phi) is 4.81. The van der Waals surface area contributed by atoms with Crippen LogP contribution in [0.2, 0.25) is 0 Å². The van der Waals surface area contributed by atoms with E-state index >= 15 is 0 Å². The quantitative estimate of drug-likeness (QED) is 0.737. The molecule has 8 nitrogen and oxygen atoms in total. The van der Waals surface area contributed by atoms with Gasteiger partial charge in [0.25, 0.3) is 11.8 Å². The van der Waals surface area contributed by atoms with Crippen molar-refractivity contribution in [1.82, 2.24) is 20.1 Å². The summed E-state index contributed by atoms with van der Waals surface area (Å²) in [4.78, 5) is 29.7. The van der Waals surface area contributed by atoms with E-state index in [0.29, 0.717) is 45.0 Å². The zero-order valence-corrected chi connectivity index (χ0v) is 15.9. The third kappa shape index (κ3) is 3.33. The van der Waals surface area contributed by atoms with Crippen LogP contribution in [-0.4, -0.2) is 40.7 Å². The number of nitrogens with zero attached hydrogens (tertiary/aromatic N) is 3. The number of hydrogen-bond acceptors (Lipinski definition) is 5. The Hall–Kier alpha value is -3.42. The lowest BCUT2D eigenvalue weighted by atomic mass is 10.1. The number of methoxy groups -OCH3 is 1. The zero-order valence-electron chi connectivity index (χ0n) is 15.9. The van der Waals surface area contributed by atoms with Crippen LogP contribution in [0, 0.1) is 13.8 Å². The fourth-order valence-electron chi connectivity index (χ4n) is 3.02. The number of aromatic nitrogens is 3. The van der Waals surface area contributed by atoms with E-state index in [9.17, 15) is 9.59 Å². The van der Waals surface area contributed by atoms with Gasteiger partial charge in [0.1, 0.15) is 5.75 Å². The van der Waals surface area contributed by atoms with Crippen molar-refractivity contribution >= 4 is 28.5 Å². The molecule has 2 aromatic heterocycles. The van der Waals surface area contributed by atoms with Crippen LogP contribution in [0.5, 0.6) is 5.75 Å². The van der Waals surface area contributed by atoms with Crippen molar-refractivity contribution in [2.24, 2.45) is 7.05 Å². The van der Waals surface area contributed by atoms with Crippen LogP contribution in [0.25, 0.3) is 11.0 Å². The predicted molar refractivity (Wildman–Crippen MR) is 102 cm³/mol. The second kappa shape index (κ2) is 7.06. The van der Waals surface area contributed by atoms with Gasteiger partial charge in [-0.15, -0.1) is 0 Å². The lowest BCUT2D eigenvalue weighted by molar-refractivity contribution is 0.0963. The number of fused-ring (bicyclic) bond motifs is 1. The number of carbonyl (C=O) groups is 2. The molecule has 8 heteroatoms. The largest absolute Gasteiger partial charge is 0.497 e. The van der Waals surface area contributed by atoms with Crippen LogP contribution in [0.15, 0.2) is 24.3 Å². The average molecular weight is 367 g/mol. The fourth-order valence-corrected chi connectivity index (χ4v) is 3.02. The first-order valence-corrected chi connectivity index (χ1v) is 8.38. The smallest absolute Gasteiger partial charge is 0.256 e. The van der Waals surface area contributed by atoms with E-state index in [2.05, 4.69) is 20.7 Å². The number of carbonyl (C=O) groups excluding carboxylic acids is 2. The van der Waals surface area contributed by atoms with Crippen molar-refractivity contribution in [3.63, 3.8) is 0 Å². The maximum atomic E-state index is 13.0.